The van der Waals surface area contributed by atoms with Crippen molar-refractivity contribution < 1.29 is 23.7 Å². The first-order valence-corrected chi connectivity index (χ1v) is 15.6. The van der Waals surface area contributed by atoms with Crippen molar-refractivity contribution in [1.29, 1.82) is 0 Å². The summed E-state index contributed by atoms with van der Waals surface area (Å²) in [6.07, 6.45) is 9.75. The predicted octanol–water partition coefficient (Wildman–Crippen LogP) is 8.56. The highest BCUT2D eigenvalue weighted by Gasteiger charge is 2.24. The standard InChI is InChI=1S/C33H43BBrO6/c1-21(2)11-13-23-25(39-18-10-8-16-35)19-27-30(31(23)36)32(37)29-24(14-12-22(3)4)33(38-6)28(20-26(29)41-27)40-17-9-7-15-34-5/h11-12,19-20,36H,7-10,13-18H2,1-6H3. The minimum Gasteiger partial charge on any atom is -0.507 e. The van der Waals surface area contributed by atoms with Gasteiger partial charge in [-0.1, -0.05) is 58.8 Å². The van der Waals surface area contributed by atoms with Crippen molar-refractivity contribution in [1.82, 2.24) is 0 Å². The van der Waals surface area contributed by atoms with Crippen LogP contribution >= 0.6 is 15.9 Å². The van der Waals surface area contributed by atoms with Gasteiger partial charge in [0.15, 0.2) is 11.5 Å². The molecule has 0 spiro atoms. The molecule has 1 N–H and O–H groups in total. The van der Waals surface area contributed by atoms with Crippen molar-refractivity contribution >= 4 is 45.1 Å². The van der Waals surface area contributed by atoms with Crippen LogP contribution in [0, 0.1) is 0 Å². The maximum absolute atomic E-state index is 14.2. The van der Waals surface area contributed by atoms with E-state index in [1.165, 1.54) is 0 Å². The molecule has 2 aromatic carbocycles. The van der Waals surface area contributed by atoms with Gasteiger partial charge in [0, 0.05) is 28.6 Å². The first-order valence-electron chi connectivity index (χ1n) is 14.4. The lowest BCUT2D eigenvalue weighted by Crippen LogP contribution is -2.10. The zero-order valence-electron chi connectivity index (χ0n) is 25.3. The second-order valence-corrected chi connectivity index (χ2v) is 11.5. The lowest BCUT2D eigenvalue weighted by molar-refractivity contribution is 0.287. The van der Waals surface area contributed by atoms with Gasteiger partial charge in [0.05, 0.1) is 25.7 Å². The smallest absolute Gasteiger partial charge is 0.204 e. The van der Waals surface area contributed by atoms with Gasteiger partial charge in [-0.25, -0.2) is 0 Å². The Morgan fingerprint density at radius 3 is 2.10 bits per heavy atom. The summed E-state index contributed by atoms with van der Waals surface area (Å²) in [4.78, 5) is 14.2. The topological polar surface area (TPSA) is 78.1 Å². The van der Waals surface area contributed by atoms with Gasteiger partial charge in [-0.3, -0.25) is 4.79 Å². The summed E-state index contributed by atoms with van der Waals surface area (Å²) in [5.74, 6) is 1.47. The molecule has 0 atom stereocenters. The third-order valence-corrected chi connectivity index (χ3v) is 7.43. The highest BCUT2D eigenvalue weighted by molar-refractivity contribution is 9.09. The fourth-order valence-electron chi connectivity index (χ4n) is 4.68. The summed E-state index contributed by atoms with van der Waals surface area (Å²) < 4.78 is 24.5. The number of methoxy groups -OCH3 is 1. The largest absolute Gasteiger partial charge is 0.507 e. The molecule has 0 aliphatic carbocycles. The van der Waals surface area contributed by atoms with Gasteiger partial charge in [0.1, 0.15) is 35.3 Å². The van der Waals surface area contributed by atoms with Crippen LogP contribution in [-0.2, 0) is 12.8 Å². The molecule has 221 valence electrons. The first kappa shape index (κ1) is 32.6. The van der Waals surface area contributed by atoms with Crippen LogP contribution in [-0.4, -0.2) is 38.0 Å². The fraction of sp³-hybridized carbons (Fsp3) is 0.485. The van der Waals surface area contributed by atoms with Gasteiger partial charge in [0.25, 0.3) is 0 Å². The van der Waals surface area contributed by atoms with E-state index in [9.17, 15) is 9.90 Å². The van der Waals surface area contributed by atoms with Crippen LogP contribution < -0.4 is 19.6 Å². The number of halogens is 1. The molecule has 0 saturated heterocycles. The van der Waals surface area contributed by atoms with Crippen LogP contribution in [0.4, 0.5) is 0 Å². The molecule has 3 rings (SSSR count). The number of phenolic OH excluding ortho intramolecular Hbond substituents is 1. The van der Waals surface area contributed by atoms with Gasteiger partial charge >= 0.3 is 0 Å². The summed E-state index contributed by atoms with van der Waals surface area (Å²) in [6, 6.07) is 3.47. The molecule has 8 heteroatoms. The molecule has 3 aromatic rings. The second kappa shape index (κ2) is 16.0. The summed E-state index contributed by atoms with van der Waals surface area (Å²) in [5, 5.41) is 12.9. The average Bonchev–Trinajstić information content (AvgIpc) is 2.93. The fourth-order valence-corrected chi connectivity index (χ4v) is 5.08. The highest BCUT2D eigenvalue weighted by Crippen LogP contribution is 2.41. The lowest BCUT2D eigenvalue weighted by atomic mass is 9.76. The number of unbranched alkanes of at least 4 members (excludes halogenated alkanes) is 2. The molecule has 1 heterocycles. The van der Waals surface area contributed by atoms with Crippen LogP contribution in [0.25, 0.3) is 21.9 Å². The Morgan fingerprint density at radius 2 is 1.49 bits per heavy atom. The summed E-state index contributed by atoms with van der Waals surface area (Å²) >= 11 is 3.46. The van der Waals surface area contributed by atoms with Crippen molar-refractivity contribution in [3.8, 4) is 23.0 Å². The van der Waals surface area contributed by atoms with Gasteiger partial charge < -0.3 is 23.7 Å². The summed E-state index contributed by atoms with van der Waals surface area (Å²) in [6.45, 7) is 11.1. The number of phenols is 1. The van der Waals surface area contributed by atoms with Gasteiger partial charge in [0.2, 0.25) is 5.43 Å². The Bertz CT molecular complexity index is 1450. The van der Waals surface area contributed by atoms with E-state index in [4.69, 9.17) is 18.6 Å². The molecule has 0 amide bonds. The van der Waals surface area contributed by atoms with Crippen molar-refractivity contribution in [2.24, 2.45) is 0 Å². The van der Waals surface area contributed by atoms with E-state index in [2.05, 4.69) is 30.0 Å². The quantitative estimate of drug-likeness (QED) is 0.0565. The number of allylic oxidation sites excluding steroid dienone is 4. The van der Waals surface area contributed by atoms with Gasteiger partial charge in [-0.2, -0.15) is 0 Å². The summed E-state index contributed by atoms with van der Waals surface area (Å²) in [5.41, 5.74) is 3.84. The van der Waals surface area contributed by atoms with Crippen molar-refractivity contribution in [2.75, 3.05) is 25.7 Å². The number of alkyl halides is 1. The van der Waals surface area contributed by atoms with Crippen molar-refractivity contribution in [2.45, 2.75) is 79.4 Å². The van der Waals surface area contributed by atoms with E-state index < -0.39 is 0 Å². The van der Waals surface area contributed by atoms with E-state index in [0.29, 0.717) is 65.4 Å². The molecular formula is C33H43BBrO6. The highest BCUT2D eigenvalue weighted by atomic mass is 79.9. The number of aromatic hydroxyl groups is 1. The molecule has 0 unspecified atom stereocenters. The molecule has 0 bridgehead atoms. The Balaban J connectivity index is 2.28. The molecule has 0 saturated carbocycles. The van der Waals surface area contributed by atoms with Gasteiger partial charge in [-0.05, 0) is 59.8 Å². The third-order valence-electron chi connectivity index (χ3n) is 6.87. The summed E-state index contributed by atoms with van der Waals surface area (Å²) in [7, 11) is 3.73. The van der Waals surface area contributed by atoms with E-state index >= 15 is 0 Å². The van der Waals surface area contributed by atoms with E-state index in [0.717, 1.165) is 48.5 Å². The zero-order valence-corrected chi connectivity index (χ0v) is 26.9. The first-order chi connectivity index (χ1) is 19.7. The third kappa shape index (κ3) is 8.34. The minimum absolute atomic E-state index is 0.105. The lowest BCUT2D eigenvalue weighted by Gasteiger charge is -2.18. The van der Waals surface area contributed by atoms with Crippen LogP contribution in [0.1, 0.15) is 64.5 Å². The molecule has 0 aliphatic heterocycles. The molecular weight excluding hydrogens is 583 g/mol. The number of ether oxygens (including phenoxy) is 3. The Kier molecular flexibility index (Phi) is 12.7. The molecule has 6 nitrogen and oxygen atoms in total. The molecule has 41 heavy (non-hydrogen) atoms. The monoisotopic (exact) mass is 625 g/mol. The molecule has 1 radical (unpaired) electrons. The molecule has 0 fully saturated rings. The van der Waals surface area contributed by atoms with E-state index in [1.54, 1.807) is 19.2 Å². The number of hydrogen-bond donors (Lipinski definition) is 1. The van der Waals surface area contributed by atoms with E-state index in [1.807, 2.05) is 39.8 Å². The number of hydrogen-bond acceptors (Lipinski definition) is 6. The average molecular weight is 626 g/mol. The Labute approximate surface area is 253 Å². The predicted molar refractivity (Wildman–Crippen MR) is 174 cm³/mol. The van der Waals surface area contributed by atoms with Crippen LogP contribution in [0.2, 0.25) is 13.1 Å². The Morgan fingerprint density at radius 1 is 0.902 bits per heavy atom. The number of benzene rings is 2. The number of fused-ring (bicyclic) bond motifs is 2. The number of rotatable bonds is 16. The second-order valence-electron chi connectivity index (χ2n) is 10.7. The minimum atomic E-state index is -0.302. The van der Waals surface area contributed by atoms with Crippen molar-refractivity contribution in [3.63, 3.8) is 0 Å². The normalized spacial score (nSPS) is 11.0. The van der Waals surface area contributed by atoms with Crippen LogP contribution in [0.15, 0.2) is 44.6 Å². The van der Waals surface area contributed by atoms with E-state index in [-0.39, 0.29) is 22.1 Å². The zero-order chi connectivity index (χ0) is 29.9. The maximum atomic E-state index is 14.2. The Hall–Kier alpha value is -2.87. The molecule has 0 aliphatic rings. The molecule has 1 aromatic heterocycles. The van der Waals surface area contributed by atoms with Gasteiger partial charge in [-0.15, -0.1) is 0 Å². The SMILES string of the molecule is C[B]CCCCOc1cc2oc3cc(OCCCCBr)c(CC=C(C)C)c(O)c3c(=O)c2c(CC=C(C)C)c1OC. The maximum Gasteiger partial charge on any atom is 0.204 e. The van der Waals surface area contributed by atoms with Crippen LogP contribution in [0.3, 0.4) is 0 Å². The van der Waals surface area contributed by atoms with Crippen molar-refractivity contribution in [3.05, 3.63) is 56.8 Å². The van der Waals surface area contributed by atoms with Crippen LogP contribution in [0.5, 0.6) is 23.0 Å².